The smallest absolute Gasteiger partial charge is 0.326 e. The third-order valence-corrected chi connectivity index (χ3v) is 8.14. The van der Waals surface area contributed by atoms with Crippen LogP contribution in [0.2, 0.25) is 0 Å². The Morgan fingerprint density at radius 2 is 1.69 bits per heavy atom. The lowest BCUT2D eigenvalue weighted by Crippen LogP contribution is -2.49. The average molecular weight is 697 g/mol. The molecule has 1 saturated heterocycles. The Hall–Kier alpha value is -4.72. The highest BCUT2D eigenvalue weighted by molar-refractivity contribution is 7.92. The highest BCUT2D eigenvalue weighted by atomic mass is 35.5. The minimum absolute atomic E-state index is 0. The molecule has 0 unspecified atom stereocenters. The van der Waals surface area contributed by atoms with Crippen LogP contribution in [0.15, 0.2) is 85.1 Å². The van der Waals surface area contributed by atoms with Crippen LogP contribution in [0.5, 0.6) is 11.6 Å². The number of hydrogen-bond acceptors (Lipinski definition) is 7. The monoisotopic (exact) mass is 696 g/mol. The Morgan fingerprint density at radius 1 is 0.979 bits per heavy atom. The van der Waals surface area contributed by atoms with Crippen LogP contribution in [0, 0.1) is 12.7 Å². The van der Waals surface area contributed by atoms with Crippen molar-refractivity contribution in [2.75, 3.05) is 39.6 Å². The highest BCUT2D eigenvalue weighted by Gasteiger charge is 2.30. The summed E-state index contributed by atoms with van der Waals surface area (Å²) in [4.78, 5) is 33.7. The molecule has 0 spiro atoms. The third-order valence-electron chi connectivity index (χ3n) is 7.53. The predicted molar refractivity (Wildman–Crippen MR) is 188 cm³/mol. The Morgan fingerprint density at radius 3 is 2.31 bits per heavy atom. The van der Waals surface area contributed by atoms with Crippen molar-refractivity contribution in [3.8, 4) is 11.6 Å². The van der Waals surface area contributed by atoms with Crippen LogP contribution in [0.3, 0.4) is 0 Å². The van der Waals surface area contributed by atoms with E-state index in [1.165, 1.54) is 25.1 Å². The van der Waals surface area contributed by atoms with E-state index in [9.17, 15) is 22.4 Å². The standard InChI is InChI=1S/C34H37FN6O5S.ClH/c1-23-5-4-6-29(19-23)41(34(43)38-27-10-13-31(35)32(20-27)37-24(2)42)28-15-17-40(18-16-28)22-25-7-14-33(36-21-25)46-30-11-8-26(9-12-30)39-47(3,44)45;/h4-14,19-21,28,39H,15-18,22H2,1-3H3,(H,37,42)(H,38,43);1H. The molecule has 11 nitrogen and oxygen atoms in total. The lowest BCUT2D eigenvalue weighted by atomic mass is 10.0. The Balaban J connectivity index is 0.00000520. The number of likely N-dealkylation sites (tertiary alicyclic amines) is 1. The fourth-order valence-electron chi connectivity index (χ4n) is 5.43. The summed E-state index contributed by atoms with van der Waals surface area (Å²) in [6.45, 7) is 5.47. The van der Waals surface area contributed by atoms with Gasteiger partial charge in [-0.05, 0) is 85.5 Å². The van der Waals surface area contributed by atoms with Gasteiger partial charge >= 0.3 is 6.03 Å². The van der Waals surface area contributed by atoms with E-state index in [4.69, 9.17) is 4.74 Å². The van der Waals surface area contributed by atoms with E-state index in [-0.39, 0.29) is 30.2 Å². The number of sulfonamides is 1. The van der Waals surface area contributed by atoms with Crippen molar-refractivity contribution in [2.45, 2.75) is 39.3 Å². The molecule has 14 heteroatoms. The van der Waals surface area contributed by atoms with E-state index in [2.05, 4.69) is 25.2 Å². The van der Waals surface area contributed by atoms with Gasteiger partial charge in [0.25, 0.3) is 0 Å². The third kappa shape index (κ3) is 10.1. The number of carbonyl (C=O) groups is 2. The molecular weight excluding hydrogens is 659 g/mol. The first-order valence-electron chi connectivity index (χ1n) is 15.1. The molecule has 0 bridgehead atoms. The van der Waals surface area contributed by atoms with Gasteiger partial charge < -0.3 is 15.4 Å². The number of nitrogens with one attached hydrogen (secondary N) is 3. The van der Waals surface area contributed by atoms with E-state index < -0.39 is 21.7 Å². The first-order valence-corrected chi connectivity index (χ1v) is 17.0. The number of hydrogen-bond donors (Lipinski definition) is 3. The normalized spacial score (nSPS) is 13.6. The van der Waals surface area contributed by atoms with Crippen LogP contribution < -0.4 is 25.0 Å². The van der Waals surface area contributed by atoms with Crippen LogP contribution in [-0.4, -0.2) is 55.6 Å². The number of rotatable bonds is 10. The molecule has 0 radical (unpaired) electrons. The van der Waals surface area contributed by atoms with Gasteiger partial charge in [0.15, 0.2) is 0 Å². The number of amides is 3. The van der Waals surface area contributed by atoms with E-state index in [0.29, 0.717) is 29.5 Å². The molecule has 3 aromatic carbocycles. The van der Waals surface area contributed by atoms with E-state index in [0.717, 1.165) is 49.0 Å². The van der Waals surface area contributed by atoms with Gasteiger partial charge in [0.05, 0.1) is 11.9 Å². The van der Waals surface area contributed by atoms with Gasteiger partial charge in [-0.3, -0.25) is 19.3 Å². The first-order chi connectivity index (χ1) is 22.4. The number of halogens is 2. The summed E-state index contributed by atoms with van der Waals surface area (Å²) in [6, 6.07) is 21.7. The van der Waals surface area contributed by atoms with E-state index in [1.807, 2.05) is 37.3 Å². The van der Waals surface area contributed by atoms with Crippen molar-refractivity contribution in [2.24, 2.45) is 0 Å². The Labute approximate surface area is 286 Å². The summed E-state index contributed by atoms with van der Waals surface area (Å²) in [5.74, 6) is -0.0497. The number of carbonyl (C=O) groups excluding carboxylic acids is 2. The number of nitrogens with zero attached hydrogens (tertiary/aromatic N) is 3. The molecule has 0 atom stereocenters. The van der Waals surface area contributed by atoms with Crippen molar-refractivity contribution in [3.05, 3.63) is 102 Å². The summed E-state index contributed by atoms with van der Waals surface area (Å²) in [6.07, 6.45) is 4.33. The number of urea groups is 1. The molecule has 2 heterocycles. The molecule has 4 aromatic rings. The molecule has 1 aliphatic heterocycles. The molecule has 254 valence electrons. The SMILES string of the molecule is CC(=O)Nc1cc(NC(=O)N(c2cccc(C)c2)C2CCN(Cc3ccc(Oc4ccc(NS(C)(=O)=O)cc4)nc3)CC2)ccc1F.Cl. The van der Waals surface area contributed by atoms with Gasteiger partial charge in [0.1, 0.15) is 11.6 Å². The van der Waals surface area contributed by atoms with Crippen molar-refractivity contribution >= 4 is 57.1 Å². The fraction of sp³-hybridized carbons (Fsp3) is 0.265. The van der Waals surface area contributed by atoms with Gasteiger partial charge in [-0.2, -0.15) is 0 Å². The maximum absolute atomic E-state index is 14.2. The lowest BCUT2D eigenvalue weighted by molar-refractivity contribution is -0.114. The Bertz CT molecular complexity index is 1840. The second-order valence-corrected chi connectivity index (χ2v) is 13.3. The number of ether oxygens (including phenoxy) is 1. The van der Waals surface area contributed by atoms with Crippen LogP contribution in [0.25, 0.3) is 0 Å². The second kappa shape index (κ2) is 15.9. The van der Waals surface area contributed by atoms with Crippen molar-refractivity contribution in [1.82, 2.24) is 9.88 Å². The zero-order chi connectivity index (χ0) is 33.6. The van der Waals surface area contributed by atoms with Crippen LogP contribution >= 0.6 is 12.4 Å². The topological polar surface area (TPSA) is 133 Å². The summed E-state index contributed by atoms with van der Waals surface area (Å²) in [5.41, 5.74) is 3.62. The van der Waals surface area contributed by atoms with Crippen molar-refractivity contribution < 1.29 is 27.1 Å². The summed E-state index contributed by atoms with van der Waals surface area (Å²) < 4.78 is 45.2. The van der Waals surface area contributed by atoms with Gasteiger partial charge in [-0.25, -0.2) is 22.6 Å². The summed E-state index contributed by atoms with van der Waals surface area (Å²) in [5, 5.41) is 5.34. The number of benzene rings is 3. The highest BCUT2D eigenvalue weighted by Crippen LogP contribution is 2.28. The van der Waals surface area contributed by atoms with Crippen molar-refractivity contribution in [3.63, 3.8) is 0 Å². The quantitative estimate of drug-likeness (QED) is 0.167. The van der Waals surface area contributed by atoms with E-state index in [1.54, 1.807) is 41.4 Å². The first kappa shape index (κ1) is 36.1. The molecule has 48 heavy (non-hydrogen) atoms. The Kier molecular flexibility index (Phi) is 12.0. The van der Waals surface area contributed by atoms with Gasteiger partial charge in [0, 0.05) is 61.9 Å². The molecule has 3 amide bonds. The number of aryl methyl sites for hydroxylation is 1. The minimum atomic E-state index is -3.36. The molecule has 0 aliphatic carbocycles. The van der Waals surface area contributed by atoms with Gasteiger partial charge in [-0.1, -0.05) is 18.2 Å². The lowest BCUT2D eigenvalue weighted by Gasteiger charge is -2.38. The maximum atomic E-state index is 14.2. The van der Waals surface area contributed by atoms with Gasteiger partial charge in [-0.15, -0.1) is 12.4 Å². The predicted octanol–water partition coefficient (Wildman–Crippen LogP) is 6.78. The number of piperidine rings is 1. The second-order valence-electron chi connectivity index (χ2n) is 11.5. The summed E-state index contributed by atoms with van der Waals surface area (Å²) >= 11 is 0. The van der Waals surface area contributed by atoms with Crippen LogP contribution in [-0.2, 0) is 21.4 Å². The molecule has 1 aromatic heterocycles. The fourth-order valence-corrected chi connectivity index (χ4v) is 5.99. The van der Waals surface area contributed by atoms with Crippen LogP contribution in [0.1, 0.15) is 30.9 Å². The van der Waals surface area contributed by atoms with Crippen LogP contribution in [0.4, 0.5) is 31.9 Å². The molecule has 1 fully saturated rings. The molecule has 3 N–H and O–H groups in total. The molecular formula is C34H38ClFN6O5S. The molecule has 0 saturated carbocycles. The largest absolute Gasteiger partial charge is 0.439 e. The zero-order valence-corrected chi connectivity index (χ0v) is 28.4. The molecule has 1 aliphatic rings. The number of aromatic nitrogens is 1. The van der Waals surface area contributed by atoms with E-state index >= 15 is 0 Å². The number of pyridine rings is 1. The number of anilines is 4. The zero-order valence-electron chi connectivity index (χ0n) is 26.8. The van der Waals surface area contributed by atoms with Crippen molar-refractivity contribution in [1.29, 1.82) is 0 Å². The average Bonchev–Trinajstić information content (AvgIpc) is 3.01. The van der Waals surface area contributed by atoms with Gasteiger partial charge in [0.2, 0.25) is 21.8 Å². The molecule has 5 rings (SSSR count). The summed E-state index contributed by atoms with van der Waals surface area (Å²) in [7, 11) is -3.36. The maximum Gasteiger partial charge on any atom is 0.326 e. The minimum Gasteiger partial charge on any atom is -0.439 e.